The Morgan fingerprint density at radius 2 is 2.03 bits per heavy atom. The first kappa shape index (κ1) is 20.1. The van der Waals surface area contributed by atoms with E-state index in [1.165, 1.54) is 16.8 Å². The van der Waals surface area contributed by atoms with E-state index in [4.69, 9.17) is 14.6 Å². The van der Waals surface area contributed by atoms with E-state index >= 15 is 0 Å². The minimum atomic E-state index is 0. The molecule has 3 aromatic rings. The first-order valence-corrected chi connectivity index (χ1v) is 10.2. The predicted molar refractivity (Wildman–Crippen MR) is 114 cm³/mol. The van der Waals surface area contributed by atoms with Crippen molar-refractivity contribution in [2.75, 3.05) is 26.7 Å². The van der Waals surface area contributed by atoms with Crippen molar-refractivity contribution in [3.63, 3.8) is 0 Å². The number of aromatic nitrogens is 4. The van der Waals surface area contributed by atoms with Crippen LogP contribution in [-0.2, 0) is 19.3 Å². The minimum Gasteiger partial charge on any atom is -0.332 e. The molecule has 1 unspecified atom stereocenters. The third-order valence-electron chi connectivity index (χ3n) is 5.97. The quantitative estimate of drug-likeness (QED) is 0.707. The van der Waals surface area contributed by atoms with E-state index in [0.29, 0.717) is 5.89 Å². The van der Waals surface area contributed by atoms with Crippen LogP contribution in [0.2, 0.25) is 0 Å². The monoisotopic (exact) mass is 414 g/mol. The predicted octanol–water partition coefficient (Wildman–Crippen LogP) is 2.97. The van der Waals surface area contributed by atoms with Gasteiger partial charge in [0.1, 0.15) is 0 Å². The van der Waals surface area contributed by atoms with Crippen molar-refractivity contribution in [3.05, 3.63) is 46.9 Å². The van der Waals surface area contributed by atoms with Crippen molar-refractivity contribution in [3.8, 4) is 17.3 Å². The Morgan fingerprint density at radius 3 is 2.79 bits per heavy atom. The molecule has 2 aromatic heterocycles. The van der Waals surface area contributed by atoms with Gasteiger partial charge in [-0.2, -0.15) is 10.1 Å². The highest BCUT2D eigenvalue weighted by atomic mass is 35.5. The lowest BCUT2D eigenvalue weighted by molar-refractivity contribution is 0.190. The molecule has 0 radical (unpaired) electrons. The molecule has 1 aliphatic heterocycles. The number of piperazine rings is 1. The highest BCUT2D eigenvalue weighted by molar-refractivity contribution is 5.85. The van der Waals surface area contributed by atoms with E-state index in [-0.39, 0.29) is 18.4 Å². The van der Waals surface area contributed by atoms with Crippen LogP contribution in [0.3, 0.4) is 0 Å². The summed E-state index contributed by atoms with van der Waals surface area (Å²) < 4.78 is 7.74. The van der Waals surface area contributed by atoms with Gasteiger partial charge in [-0.1, -0.05) is 24.2 Å². The zero-order valence-electron chi connectivity index (χ0n) is 16.9. The van der Waals surface area contributed by atoms with Crippen LogP contribution in [0.15, 0.2) is 28.8 Å². The fourth-order valence-corrected chi connectivity index (χ4v) is 4.26. The van der Waals surface area contributed by atoms with Gasteiger partial charge in [0.25, 0.3) is 5.89 Å². The van der Waals surface area contributed by atoms with E-state index in [1.807, 2.05) is 0 Å². The second-order valence-electron chi connectivity index (χ2n) is 7.72. The van der Waals surface area contributed by atoms with Gasteiger partial charge in [-0.25, -0.2) is 4.68 Å². The molecule has 3 heterocycles. The molecule has 154 valence electrons. The number of fused-ring (bicyclic) bond motifs is 1. The maximum absolute atomic E-state index is 5.67. The van der Waals surface area contributed by atoms with Crippen LogP contribution in [0.5, 0.6) is 0 Å². The van der Waals surface area contributed by atoms with Gasteiger partial charge in [0.15, 0.2) is 11.5 Å². The Hall–Kier alpha value is -2.22. The summed E-state index contributed by atoms with van der Waals surface area (Å²) in [5.41, 5.74) is 5.80. The molecule has 1 aliphatic carbocycles. The van der Waals surface area contributed by atoms with Gasteiger partial charge >= 0.3 is 0 Å². The van der Waals surface area contributed by atoms with Crippen LogP contribution >= 0.6 is 12.4 Å². The minimum absolute atomic E-state index is 0. The van der Waals surface area contributed by atoms with Gasteiger partial charge in [0, 0.05) is 30.9 Å². The van der Waals surface area contributed by atoms with E-state index < -0.39 is 0 Å². The van der Waals surface area contributed by atoms with E-state index in [2.05, 4.69) is 58.3 Å². The van der Waals surface area contributed by atoms with Crippen molar-refractivity contribution in [1.82, 2.24) is 30.1 Å². The molecule has 0 saturated carbocycles. The number of nitrogens with zero attached hydrogens (tertiary/aromatic N) is 5. The number of aryl methyl sites for hydroxylation is 1. The Kier molecular flexibility index (Phi) is 5.72. The van der Waals surface area contributed by atoms with Gasteiger partial charge in [-0.3, -0.25) is 4.90 Å². The Balaban J connectivity index is 0.00000205. The molecule has 1 fully saturated rings. The summed E-state index contributed by atoms with van der Waals surface area (Å²) >= 11 is 0. The van der Waals surface area contributed by atoms with E-state index in [0.717, 1.165) is 62.5 Å². The molecule has 7 nitrogen and oxygen atoms in total. The Bertz CT molecular complexity index is 980. The van der Waals surface area contributed by atoms with Crippen molar-refractivity contribution >= 4 is 12.4 Å². The summed E-state index contributed by atoms with van der Waals surface area (Å²) in [6, 6.07) is 8.79. The summed E-state index contributed by atoms with van der Waals surface area (Å²) in [5.74, 6) is 1.27. The second-order valence-corrected chi connectivity index (χ2v) is 7.72. The maximum atomic E-state index is 5.67. The average molecular weight is 415 g/mol. The van der Waals surface area contributed by atoms with Crippen LogP contribution in [0.4, 0.5) is 0 Å². The van der Waals surface area contributed by atoms with Gasteiger partial charge in [-0.05, 0) is 50.4 Å². The summed E-state index contributed by atoms with van der Waals surface area (Å²) in [6.07, 6.45) is 4.23. The van der Waals surface area contributed by atoms with Crippen LogP contribution in [0, 0.1) is 0 Å². The molecule has 1 N–H and O–H groups in total. The molecule has 2 aliphatic rings. The number of likely N-dealkylation sites (N-methyl/N-ethyl adjacent to an activating group) is 1. The zero-order valence-corrected chi connectivity index (χ0v) is 17.7. The molecule has 1 aromatic carbocycles. The smallest absolute Gasteiger partial charge is 0.278 e. The van der Waals surface area contributed by atoms with Crippen LogP contribution in [0.1, 0.15) is 42.0 Å². The average Bonchev–Trinajstić information content (AvgIpc) is 3.45. The zero-order chi connectivity index (χ0) is 19.1. The fraction of sp³-hybridized carbons (Fsp3) is 0.476. The van der Waals surface area contributed by atoms with Gasteiger partial charge in [0.05, 0.1) is 11.7 Å². The topological polar surface area (TPSA) is 72.0 Å². The lowest BCUT2D eigenvalue weighted by Gasteiger charge is -2.30. The second kappa shape index (κ2) is 8.26. The third kappa shape index (κ3) is 3.58. The van der Waals surface area contributed by atoms with Gasteiger partial charge in [0.2, 0.25) is 0 Å². The molecule has 0 spiro atoms. The molecule has 0 bridgehead atoms. The number of hydrogen-bond donors (Lipinski definition) is 1. The van der Waals surface area contributed by atoms with E-state index in [9.17, 15) is 0 Å². The first-order chi connectivity index (χ1) is 13.7. The summed E-state index contributed by atoms with van der Waals surface area (Å²) in [6.45, 7) is 4.98. The standard InChI is InChI=1S/C21H26N6O.ClH/c1-3-14-7-9-15(10-8-14)27-17-6-4-5-16(17)19(24-27)21-23-20(25-28-21)18-13-22-11-12-26(18)2;/h7-10,18,22H,3-6,11-13H2,1-2H3;1H. The Labute approximate surface area is 176 Å². The van der Waals surface area contributed by atoms with Gasteiger partial charge in [-0.15, -0.1) is 12.4 Å². The first-order valence-electron chi connectivity index (χ1n) is 10.2. The Morgan fingerprint density at radius 1 is 1.21 bits per heavy atom. The fourth-order valence-electron chi connectivity index (χ4n) is 4.26. The van der Waals surface area contributed by atoms with Crippen molar-refractivity contribution in [2.24, 2.45) is 0 Å². The molecular formula is C21H27ClN6O. The lowest BCUT2D eigenvalue weighted by Crippen LogP contribution is -2.44. The highest BCUT2D eigenvalue weighted by Gasteiger charge is 2.30. The summed E-state index contributed by atoms with van der Waals surface area (Å²) in [5, 5.41) is 12.6. The normalized spacial score (nSPS) is 19.2. The number of rotatable bonds is 4. The maximum Gasteiger partial charge on any atom is 0.278 e. The highest BCUT2D eigenvalue weighted by Crippen LogP contribution is 2.33. The van der Waals surface area contributed by atoms with Crippen molar-refractivity contribution < 1.29 is 4.52 Å². The molecule has 1 saturated heterocycles. The molecule has 29 heavy (non-hydrogen) atoms. The number of nitrogens with one attached hydrogen (secondary N) is 1. The number of benzene rings is 1. The molecule has 8 heteroatoms. The lowest BCUT2D eigenvalue weighted by atomic mass is 10.1. The third-order valence-corrected chi connectivity index (χ3v) is 5.97. The molecule has 5 rings (SSSR count). The SMILES string of the molecule is CCc1ccc(-n2nc(-c3nc(C4CNCCN4C)no3)c3c2CCC3)cc1.Cl. The van der Waals surface area contributed by atoms with Crippen LogP contribution in [-0.4, -0.2) is 51.5 Å². The molecule has 0 amide bonds. The number of hydrogen-bond acceptors (Lipinski definition) is 6. The largest absolute Gasteiger partial charge is 0.332 e. The molecular weight excluding hydrogens is 388 g/mol. The van der Waals surface area contributed by atoms with Crippen molar-refractivity contribution in [2.45, 2.75) is 38.6 Å². The van der Waals surface area contributed by atoms with E-state index in [1.54, 1.807) is 0 Å². The summed E-state index contributed by atoms with van der Waals surface area (Å²) in [4.78, 5) is 7.00. The number of halogens is 1. The summed E-state index contributed by atoms with van der Waals surface area (Å²) in [7, 11) is 2.11. The van der Waals surface area contributed by atoms with Crippen LogP contribution in [0.25, 0.3) is 17.3 Å². The molecule has 1 atom stereocenters. The van der Waals surface area contributed by atoms with Crippen molar-refractivity contribution in [1.29, 1.82) is 0 Å². The van der Waals surface area contributed by atoms with Crippen LogP contribution < -0.4 is 5.32 Å². The van der Waals surface area contributed by atoms with Gasteiger partial charge < -0.3 is 9.84 Å².